The van der Waals surface area contributed by atoms with Crippen LogP contribution in [0, 0.1) is 12.7 Å². The Labute approximate surface area is 121 Å². The van der Waals surface area contributed by atoms with Gasteiger partial charge >= 0.3 is 0 Å². The van der Waals surface area contributed by atoms with Gasteiger partial charge in [0.05, 0.1) is 5.02 Å². The molecule has 1 N–H and O–H groups in total. The fraction of sp³-hybridized carbons (Fsp3) is 0.0625. The molecule has 2 aromatic carbocycles. The Bertz CT molecular complexity index is 650. The van der Waals surface area contributed by atoms with Gasteiger partial charge in [0.15, 0.2) is 5.78 Å². The molecule has 0 amide bonds. The minimum atomic E-state index is -0.475. The second kappa shape index (κ2) is 6.35. The molecule has 0 aliphatic heterocycles. The smallest absolute Gasteiger partial charge is 0.187 e. The quantitative estimate of drug-likeness (QED) is 0.658. The maximum Gasteiger partial charge on any atom is 0.187 e. The van der Waals surface area contributed by atoms with Crippen LogP contribution in [0.1, 0.15) is 15.9 Å². The zero-order valence-electron chi connectivity index (χ0n) is 10.9. The summed E-state index contributed by atoms with van der Waals surface area (Å²) in [5, 5.41) is 2.91. The van der Waals surface area contributed by atoms with Crippen molar-refractivity contribution in [3.63, 3.8) is 0 Å². The molecular formula is C16H13ClFNO. The predicted octanol–water partition coefficient (Wildman–Crippen LogP) is 4.60. The summed E-state index contributed by atoms with van der Waals surface area (Å²) in [6.45, 7) is 1.96. The van der Waals surface area contributed by atoms with Crippen LogP contribution in [0.25, 0.3) is 0 Å². The fourth-order valence-electron chi connectivity index (χ4n) is 1.61. The Kier molecular flexibility index (Phi) is 4.53. The van der Waals surface area contributed by atoms with E-state index < -0.39 is 5.82 Å². The summed E-state index contributed by atoms with van der Waals surface area (Å²) in [5.41, 5.74) is 2.33. The first kappa shape index (κ1) is 14.3. The molecule has 0 saturated carbocycles. The van der Waals surface area contributed by atoms with Gasteiger partial charge in [-0.25, -0.2) is 4.39 Å². The van der Waals surface area contributed by atoms with Gasteiger partial charge in [-0.3, -0.25) is 4.79 Å². The normalized spacial score (nSPS) is 10.8. The molecule has 102 valence electrons. The van der Waals surface area contributed by atoms with E-state index in [9.17, 15) is 9.18 Å². The van der Waals surface area contributed by atoms with Crippen LogP contribution >= 0.6 is 11.6 Å². The number of benzene rings is 2. The van der Waals surface area contributed by atoms with Crippen molar-refractivity contribution in [1.82, 2.24) is 0 Å². The lowest BCUT2D eigenvalue weighted by molar-refractivity contribution is 0.104. The van der Waals surface area contributed by atoms with Crippen molar-refractivity contribution >= 4 is 23.1 Å². The largest absolute Gasteiger partial charge is 0.361 e. The highest BCUT2D eigenvalue weighted by molar-refractivity contribution is 6.31. The van der Waals surface area contributed by atoms with Crippen LogP contribution in [-0.2, 0) is 0 Å². The van der Waals surface area contributed by atoms with E-state index in [0.717, 1.165) is 5.56 Å². The maximum absolute atomic E-state index is 13.0. The van der Waals surface area contributed by atoms with Crippen LogP contribution in [0.3, 0.4) is 0 Å². The molecule has 4 heteroatoms. The number of hydrogen-bond acceptors (Lipinski definition) is 2. The first-order chi connectivity index (χ1) is 9.56. The number of carbonyl (C=O) groups is 1. The highest BCUT2D eigenvalue weighted by Crippen LogP contribution is 2.19. The van der Waals surface area contributed by atoms with E-state index >= 15 is 0 Å². The lowest BCUT2D eigenvalue weighted by atomic mass is 10.1. The summed E-state index contributed by atoms with van der Waals surface area (Å²) >= 11 is 5.66. The molecule has 2 aromatic rings. The van der Waals surface area contributed by atoms with E-state index in [1.807, 2.05) is 19.1 Å². The number of carbonyl (C=O) groups excluding carboxylic acids is 1. The molecule has 0 unspecified atom stereocenters. The van der Waals surface area contributed by atoms with Crippen molar-refractivity contribution in [1.29, 1.82) is 0 Å². The van der Waals surface area contributed by atoms with Gasteiger partial charge in [-0.15, -0.1) is 0 Å². The lowest BCUT2D eigenvalue weighted by Gasteiger charge is -2.02. The third-order valence-corrected chi connectivity index (χ3v) is 3.03. The number of rotatable bonds is 4. The van der Waals surface area contributed by atoms with Gasteiger partial charge in [-0.1, -0.05) is 41.4 Å². The summed E-state index contributed by atoms with van der Waals surface area (Å²) in [6.07, 6.45) is 2.92. The number of ketones is 1. The summed E-state index contributed by atoms with van der Waals surface area (Å²) in [6, 6.07) is 11.6. The van der Waals surface area contributed by atoms with Crippen LogP contribution in [0.4, 0.5) is 10.1 Å². The Hall–Kier alpha value is -2.13. The summed E-state index contributed by atoms with van der Waals surface area (Å²) < 4.78 is 13.0. The average Bonchev–Trinajstić information content (AvgIpc) is 2.43. The minimum Gasteiger partial charge on any atom is -0.361 e. The molecule has 0 aliphatic rings. The SMILES string of the molecule is Cc1ccc(C(=O)C=CNc2ccc(F)c(Cl)c2)cc1. The van der Waals surface area contributed by atoms with Crippen LogP contribution in [0.2, 0.25) is 5.02 Å². The Balaban J connectivity index is 2.00. The molecule has 0 spiro atoms. The Morgan fingerprint density at radius 1 is 1.20 bits per heavy atom. The van der Waals surface area contributed by atoms with Gasteiger partial charge in [-0.05, 0) is 25.1 Å². The summed E-state index contributed by atoms with van der Waals surface area (Å²) in [5.74, 6) is -0.581. The van der Waals surface area contributed by atoms with E-state index in [1.54, 1.807) is 18.2 Å². The number of hydrogen-bond donors (Lipinski definition) is 1. The zero-order valence-corrected chi connectivity index (χ0v) is 11.6. The molecule has 0 heterocycles. The van der Waals surface area contributed by atoms with Crippen molar-refractivity contribution in [2.75, 3.05) is 5.32 Å². The topological polar surface area (TPSA) is 29.1 Å². The molecule has 0 saturated heterocycles. The van der Waals surface area contributed by atoms with E-state index in [-0.39, 0.29) is 10.8 Å². The van der Waals surface area contributed by atoms with Gasteiger partial charge in [0.2, 0.25) is 0 Å². The van der Waals surface area contributed by atoms with Crippen molar-refractivity contribution in [2.24, 2.45) is 0 Å². The van der Waals surface area contributed by atoms with Crippen LogP contribution in [0.15, 0.2) is 54.7 Å². The molecule has 0 fully saturated rings. The van der Waals surface area contributed by atoms with Gasteiger partial charge in [-0.2, -0.15) is 0 Å². The molecule has 20 heavy (non-hydrogen) atoms. The first-order valence-corrected chi connectivity index (χ1v) is 6.43. The Morgan fingerprint density at radius 3 is 2.55 bits per heavy atom. The van der Waals surface area contributed by atoms with Crippen molar-refractivity contribution in [3.8, 4) is 0 Å². The number of halogens is 2. The standard InChI is InChI=1S/C16H13ClFNO/c1-11-2-4-12(5-3-11)16(20)8-9-19-13-6-7-15(18)14(17)10-13/h2-10,19H,1H3. The van der Waals surface area contributed by atoms with Gasteiger partial charge in [0, 0.05) is 23.5 Å². The molecule has 0 radical (unpaired) electrons. The van der Waals surface area contributed by atoms with Gasteiger partial charge in [0.1, 0.15) is 5.82 Å². The summed E-state index contributed by atoms with van der Waals surface area (Å²) in [4.78, 5) is 11.9. The number of nitrogens with one attached hydrogen (secondary N) is 1. The fourth-order valence-corrected chi connectivity index (χ4v) is 1.79. The Morgan fingerprint density at radius 2 is 1.90 bits per heavy atom. The van der Waals surface area contributed by atoms with E-state index in [2.05, 4.69) is 5.32 Å². The predicted molar refractivity (Wildman–Crippen MR) is 79.7 cm³/mol. The molecule has 0 atom stereocenters. The van der Waals surface area contributed by atoms with Crippen LogP contribution < -0.4 is 5.32 Å². The van der Waals surface area contributed by atoms with E-state index in [0.29, 0.717) is 11.3 Å². The molecular weight excluding hydrogens is 277 g/mol. The highest BCUT2D eigenvalue weighted by atomic mass is 35.5. The second-order valence-electron chi connectivity index (χ2n) is 4.34. The minimum absolute atomic E-state index is 0.0354. The second-order valence-corrected chi connectivity index (χ2v) is 4.74. The summed E-state index contributed by atoms with van der Waals surface area (Å²) in [7, 11) is 0. The van der Waals surface area contributed by atoms with Crippen LogP contribution in [-0.4, -0.2) is 5.78 Å². The maximum atomic E-state index is 13.0. The van der Waals surface area contributed by atoms with E-state index in [4.69, 9.17) is 11.6 Å². The first-order valence-electron chi connectivity index (χ1n) is 6.05. The number of aryl methyl sites for hydroxylation is 1. The molecule has 0 aliphatic carbocycles. The van der Waals surface area contributed by atoms with Crippen molar-refractivity contribution < 1.29 is 9.18 Å². The van der Waals surface area contributed by atoms with Crippen molar-refractivity contribution in [3.05, 3.63) is 76.7 Å². The van der Waals surface area contributed by atoms with E-state index in [1.165, 1.54) is 24.4 Å². The molecule has 0 bridgehead atoms. The molecule has 2 nitrogen and oxygen atoms in total. The molecule has 2 rings (SSSR count). The van der Waals surface area contributed by atoms with Crippen molar-refractivity contribution in [2.45, 2.75) is 6.92 Å². The van der Waals surface area contributed by atoms with Crippen LogP contribution in [0.5, 0.6) is 0 Å². The monoisotopic (exact) mass is 289 g/mol. The number of anilines is 1. The third-order valence-electron chi connectivity index (χ3n) is 2.74. The molecule has 0 aromatic heterocycles. The van der Waals surface area contributed by atoms with Gasteiger partial charge in [0.25, 0.3) is 0 Å². The number of allylic oxidation sites excluding steroid dienone is 1. The average molecular weight is 290 g/mol. The highest BCUT2D eigenvalue weighted by Gasteiger charge is 2.01. The lowest BCUT2D eigenvalue weighted by Crippen LogP contribution is -1.96. The zero-order chi connectivity index (χ0) is 14.5. The third kappa shape index (κ3) is 3.68. The van der Waals surface area contributed by atoms with Gasteiger partial charge < -0.3 is 5.32 Å².